The van der Waals surface area contributed by atoms with Crippen LogP contribution in [-0.2, 0) is 4.79 Å². The molecule has 0 unspecified atom stereocenters. The fourth-order valence-electron chi connectivity index (χ4n) is 3.86. The number of pyridine rings is 1. The lowest BCUT2D eigenvalue weighted by molar-refractivity contribution is -0.159. The molecule has 7 nitrogen and oxygen atoms in total. The Morgan fingerprint density at radius 1 is 1.30 bits per heavy atom. The van der Waals surface area contributed by atoms with Crippen molar-refractivity contribution in [3.05, 3.63) is 35.8 Å². The number of anilines is 1. The molecule has 1 fully saturated rings. The quantitative estimate of drug-likeness (QED) is 0.834. The minimum atomic E-state index is -1.08. The number of rotatable bonds is 5. The first-order valence-corrected chi connectivity index (χ1v) is 9.31. The number of carbonyl (C=O) groups is 1. The normalized spacial score (nSPS) is 22.7. The summed E-state index contributed by atoms with van der Waals surface area (Å²) in [7, 11) is 0. The number of piperidine rings is 1. The molecule has 0 spiro atoms. The van der Waals surface area contributed by atoms with Gasteiger partial charge in [0.05, 0.1) is 17.2 Å². The van der Waals surface area contributed by atoms with Gasteiger partial charge in [-0.1, -0.05) is 13.3 Å². The molecule has 1 aliphatic rings. The number of aryl methyl sites for hydroxylation is 2. The van der Waals surface area contributed by atoms with Crippen LogP contribution in [0.3, 0.4) is 0 Å². The molecule has 0 saturated carbocycles. The smallest absolute Gasteiger partial charge is 0.312 e. The van der Waals surface area contributed by atoms with Crippen LogP contribution in [0.25, 0.3) is 11.3 Å². The topological polar surface area (TPSA) is 99.4 Å². The number of β-amino-alcohol motifs (C(OH)–C–C–N with tert-alkyl or cyclic N) is 1. The molecule has 3 heterocycles. The van der Waals surface area contributed by atoms with Gasteiger partial charge in [0.2, 0.25) is 5.95 Å². The number of aliphatic carboxylic acids is 1. The van der Waals surface area contributed by atoms with Crippen molar-refractivity contribution in [2.45, 2.75) is 46.1 Å². The second-order valence-electron chi connectivity index (χ2n) is 7.25. The van der Waals surface area contributed by atoms with Crippen molar-refractivity contribution in [1.82, 2.24) is 15.0 Å². The Morgan fingerprint density at radius 3 is 2.70 bits per heavy atom. The third kappa shape index (κ3) is 3.64. The monoisotopic (exact) mass is 370 g/mol. The van der Waals surface area contributed by atoms with E-state index in [1.807, 2.05) is 43.9 Å². The number of aliphatic hydroxyl groups is 1. The minimum absolute atomic E-state index is 0.209. The van der Waals surface area contributed by atoms with E-state index in [4.69, 9.17) is 0 Å². The Kier molecular flexibility index (Phi) is 5.41. The van der Waals surface area contributed by atoms with E-state index in [1.54, 1.807) is 6.20 Å². The average molecular weight is 370 g/mol. The van der Waals surface area contributed by atoms with Gasteiger partial charge >= 0.3 is 5.97 Å². The molecule has 3 rings (SSSR count). The SMILES string of the molecule is CCC[C@]1(C(=O)O)CCN(c2nccc(-c3ccc(C)nc3C)n2)C[C@@H]1O. The van der Waals surface area contributed by atoms with E-state index in [9.17, 15) is 15.0 Å². The summed E-state index contributed by atoms with van der Waals surface area (Å²) in [5.74, 6) is -0.422. The van der Waals surface area contributed by atoms with Crippen molar-refractivity contribution >= 4 is 11.9 Å². The van der Waals surface area contributed by atoms with E-state index in [0.29, 0.717) is 25.3 Å². The van der Waals surface area contributed by atoms with Gasteiger partial charge in [0, 0.05) is 36.2 Å². The number of hydrogen-bond acceptors (Lipinski definition) is 6. The molecule has 0 aliphatic carbocycles. The van der Waals surface area contributed by atoms with E-state index in [-0.39, 0.29) is 6.54 Å². The Labute approximate surface area is 159 Å². The minimum Gasteiger partial charge on any atom is -0.481 e. The molecule has 0 bridgehead atoms. The van der Waals surface area contributed by atoms with Gasteiger partial charge in [0.1, 0.15) is 0 Å². The van der Waals surface area contributed by atoms with Crippen molar-refractivity contribution in [2.75, 3.05) is 18.0 Å². The largest absolute Gasteiger partial charge is 0.481 e. The lowest BCUT2D eigenvalue weighted by atomic mass is 9.73. The number of aliphatic hydroxyl groups excluding tert-OH is 1. The molecular weight excluding hydrogens is 344 g/mol. The summed E-state index contributed by atoms with van der Waals surface area (Å²) in [6, 6.07) is 5.77. The summed E-state index contributed by atoms with van der Waals surface area (Å²) in [5, 5.41) is 20.3. The zero-order valence-electron chi connectivity index (χ0n) is 16.0. The molecule has 2 aromatic rings. The van der Waals surface area contributed by atoms with Gasteiger partial charge in [0.15, 0.2) is 0 Å². The Hall–Kier alpha value is -2.54. The third-order valence-corrected chi connectivity index (χ3v) is 5.41. The van der Waals surface area contributed by atoms with Crippen LogP contribution < -0.4 is 4.90 Å². The van der Waals surface area contributed by atoms with E-state index < -0.39 is 17.5 Å². The first kappa shape index (κ1) is 19.2. The maximum absolute atomic E-state index is 11.8. The van der Waals surface area contributed by atoms with Crippen molar-refractivity contribution in [2.24, 2.45) is 5.41 Å². The highest BCUT2D eigenvalue weighted by molar-refractivity contribution is 5.76. The number of nitrogens with zero attached hydrogens (tertiary/aromatic N) is 4. The fraction of sp³-hybridized carbons (Fsp3) is 0.500. The van der Waals surface area contributed by atoms with Gasteiger partial charge < -0.3 is 15.1 Å². The van der Waals surface area contributed by atoms with E-state index in [0.717, 1.165) is 29.1 Å². The number of hydrogen-bond donors (Lipinski definition) is 2. The molecule has 2 aromatic heterocycles. The Balaban J connectivity index is 1.85. The molecule has 0 aromatic carbocycles. The lowest BCUT2D eigenvalue weighted by Crippen LogP contribution is -2.55. The zero-order chi connectivity index (χ0) is 19.6. The van der Waals surface area contributed by atoms with Gasteiger partial charge in [-0.3, -0.25) is 9.78 Å². The summed E-state index contributed by atoms with van der Waals surface area (Å²) in [4.78, 5) is 27.1. The molecule has 0 radical (unpaired) electrons. The highest BCUT2D eigenvalue weighted by Gasteiger charge is 2.48. The second-order valence-corrected chi connectivity index (χ2v) is 7.25. The average Bonchev–Trinajstić information content (AvgIpc) is 2.63. The van der Waals surface area contributed by atoms with Crippen LogP contribution in [0, 0.1) is 19.3 Å². The van der Waals surface area contributed by atoms with Crippen LogP contribution in [0.5, 0.6) is 0 Å². The van der Waals surface area contributed by atoms with Gasteiger partial charge in [0.25, 0.3) is 0 Å². The van der Waals surface area contributed by atoms with E-state index in [2.05, 4.69) is 15.0 Å². The Bertz CT molecular complexity index is 842. The first-order valence-electron chi connectivity index (χ1n) is 9.31. The van der Waals surface area contributed by atoms with Crippen molar-refractivity contribution in [3.63, 3.8) is 0 Å². The van der Waals surface area contributed by atoms with Crippen LogP contribution >= 0.6 is 0 Å². The third-order valence-electron chi connectivity index (χ3n) is 5.41. The standard InChI is InChI=1S/C20H26N4O3/c1-4-8-20(18(26)27)9-11-24(12-17(20)25)19-21-10-7-16(23-19)15-6-5-13(2)22-14(15)3/h5-7,10,17,25H,4,8-9,11-12H2,1-3H3,(H,26,27)/t17-,20-/m0/s1. The summed E-state index contributed by atoms with van der Waals surface area (Å²) < 4.78 is 0. The van der Waals surface area contributed by atoms with Gasteiger partial charge in [-0.25, -0.2) is 9.97 Å². The van der Waals surface area contributed by atoms with Gasteiger partial charge in [-0.05, 0) is 44.9 Å². The maximum atomic E-state index is 11.8. The second kappa shape index (κ2) is 7.60. The van der Waals surface area contributed by atoms with Crippen LogP contribution in [-0.4, -0.2) is 50.3 Å². The fourth-order valence-corrected chi connectivity index (χ4v) is 3.86. The van der Waals surface area contributed by atoms with Crippen LogP contribution in [0.4, 0.5) is 5.95 Å². The molecule has 1 aliphatic heterocycles. The maximum Gasteiger partial charge on any atom is 0.312 e. The zero-order valence-corrected chi connectivity index (χ0v) is 16.0. The first-order chi connectivity index (χ1) is 12.9. The van der Waals surface area contributed by atoms with Gasteiger partial charge in [-0.2, -0.15) is 0 Å². The van der Waals surface area contributed by atoms with Gasteiger partial charge in [-0.15, -0.1) is 0 Å². The molecule has 27 heavy (non-hydrogen) atoms. The predicted molar refractivity (Wildman–Crippen MR) is 103 cm³/mol. The Morgan fingerprint density at radius 2 is 2.07 bits per heavy atom. The van der Waals surface area contributed by atoms with Crippen molar-refractivity contribution < 1.29 is 15.0 Å². The summed E-state index contributed by atoms with van der Waals surface area (Å²) >= 11 is 0. The lowest BCUT2D eigenvalue weighted by Gasteiger charge is -2.42. The van der Waals surface area contributed by atoms with Crippen LogP contribution in [0.1, 0.15) is 37.6 Å². The molecule has 144 valence electrons. The molecule has 2 N–H and O–H groups in total. The predicted octanol–water partition coefficient (Wildman–Crippen LogP) is 2.60. The van der Waals surface area contributed by atoms with Crippen molar-refractivity contribution in [3.8, 4) is 11.3 Å². The molecular formula is C20H26N4O3. The molecule has 1 saturated heterocycles. The highest BCUT2D eigenvalue weighted by Crippen LogP contribution is 2.37. The summed E-state index contributed by atoms with van der Waals surface area (Å²) in [6.45, 7) is 6.54. The summed E-state index contributed by atoms with van der Waals surface area (Å²) in [5.41, 5.74) is 2.47. The van der Waals surface area contributed by atoms with Crippen LogP contribution in [0.2, 0.25) is 0 Å². The van der Waals surface area contributed by atoms with Crippen molar-refractivity contribution in [1.29, 1.82) is 0 Å². The molecule has 2 atom stereocenters. The number of carboxylic acids is 1. The number of carboxylic acid groups (broad SMARTS) is 1. The molecule has 7 heteroatoms. The summed E-state index contributed by atoms with van der Waals surface area (Å²) in [6.07, 6.45) is 2.28. The number of aromatic nitrogens is 3. The van der Waals surface area contributed by atoms with E-state index in [1.165, 1.54) is 0 Å². The highest BCUT2D eigenvalue weighted by atomic mass is 16.4. The van der Waals surface area contributed by atoms with Crippen LogP contribution in [0.15, 0.2) is 24.4 Å². The molecule has 0 amide bonds. The van der Waals surface area contributed by atoms with E-state index >= 15 is 0 Å².